The standard InChI is InChI=1S/C17H23AsN6O2S2/c19-15-22-16(20)24-17(23-15)21-12-7-5-11(6-8-12)18-27-10-9-13(28-18)3-1-2-4-14(25)26/h5-8,13H,1-4,9-10H2,(H,25,26)(H5,19,20,21,22,23,24). The number of hydrogen-bond donors (Lipinski definition) is 4. The zero-order valence-corrected chi connectivity index (χ0v) is 18.8. The van der Waals surface area contributed by atoms with Crippen molar-refractivity contribution in [2.45, 2.75) is 37.4 Å². The Kier molecular flexibility index (Phi) is 7.70. The maximum atomic E-state index is 10.6. The third-order valence-electron chi connectivity index (χ3n) is 4.06. The van der Waals surface area contributed by atoms with E-state index >= 15 is 0 Å². The van der Waals surface area contributed by atoms with E-state index in [1.807, 2.05) is 12.1 Å². The van der Waals surface area contributed by atoms with Crippen LogP contribution in [0.5, 0.6) is 0 Å². The van der Waals surface area contributed by atoms with E-state index in [-0.39, 0.29) is 18.3 Å². The fourth-order valence-electron chi connectivity index (χ4n) is 2.73. The number of aromatic nitrogens is 3. The second kappa shape index (κ2) is 10.2. The molecule has 8 nitrogen and oxygen atoms in total. The van der Waals surface area contributed by atoms with Crippen LogP contribution in [0.4, 0.5) is 23.5 Å². The molecule has 0 radical (unpaired) electrons. The molecule has 1 aliphatic heterocycles. The molecular formula is C17H23AsN6O2S2. The number of aliphatic carboxylic acids is 1. The van der Waals surface area contributed by atoms with Crippen LogP contribution in [0.1, 0.15) is 32.1 Å². The molecule has 0 bridgehead atoms. The number of unbranched alkanes of at least 4 members (excludes halogenated alkanes) is 1. The van der Waals surface area contributed by atoms with Gasteiger partial charge in [0.2, 0.25) is 0 Å². The van der Waals surface area contributed by atoms with Gasteiger partial charge in [0.1, 0.15) is 0 Å². The summed E-state index contributed by atoms with van der Waals surface area (Å²) in [6.45, 7) is 0. The Bertz CT molecular complexity index is 790. The van der Waals surface area contributed by atoms with Gasteiger partial charge in [-0.25, -0.2) is 0 Å². The summed E-state index contributed by atoms with van der Waals surface area (Å²) >= 11 is -1.20. The monoisotopic (exact) mass is 482 g/mol. The Hall–Kier alpha value is -1.64. The Balaban J connectivity index is 1.54. The number of nitrogen functional groups attached to an aromatic ring is 2. The average molecular weight is 482 g/mol. The third-order valence-corrected chi connectivity index (χ3v) is 18.1. The summed E-state index contributed by atoms with van der Waals surface area (Å²) in [6, 6.07) is 8.39. The first-order valence-electron chi connectivity index (χ1n) is 8.95. The van der Waals surface area contributed by atoms with Crippen molar-refractivity contribution in [3.8, 4) is 0 Å². The number of carboxylic acid groups (broad SMARTS) is 1. The van der Waals surface area contributed by atoms with E-state index in [0.29, 0.717) is 11.2 Å². The molecule has 1 aromatic carbocycles. The van der Waals surface area contributed by atoms with Crippen molar-refractivity contribution in [1.29, 1.82) is 0 Å². The molecule has 28 heavy (non-hydrogen) atoms. The molecule has 6 N–H and O–H groups in total. The predicted molar refractivity (Wildman–Crippen MR) is 118 cm³/mol. The number of nitrogens with one attached hydrogen (secondary N) is 1. The van der Waals surface area contributed by atoms with E-state index in [2.05, 4.69) is 52.5 Å². The molecule has 2 unspecified atom stereocenters. The van der Waals surface area contributed by atoms with Crippen LogP contribution < -0.4 is 21.1 Å². The van der Waals surface area contributed by atoms with Gasteiger partial charge in [-0.05, 0) is 0 Å². The van der Waals surface area contributed by atoms with E-state index in [1.54, 1.807) is 0 Å². The van der Waals surface area contributed by atoms with Crippen LogP contribution in [0.25, 0.3) is 0 Å². The molecule has 0 aliphatic carbocycles. The van der Waals surface area contributed by atoms with Crippen molar-refractivity contribution in [2.24, 2.45) is 0 Å². The SMILES string of the molecule is Nc1nc(N)nc(Nc2ccc([As]3SCCC(CCCCC(=O)O)S3)cc2)n1. The quantitative estimate of drug-likeness (QED) is 0.327. The van der Waals surface area contributed by atoms with Gasteiger partial charge in [0, 0.05) is 0 Å². The van der Waals surface area contributed by atoms with Crippen LogP contribution in [-0.2, 0) is 4.79 Å². The summed E-state index contributed by atoms with van der Waals surface area (Å²) in [5.74, 6) is 1.00. The Morgan fingerprint density at radius 2 is 1.89 bits per heavy atom. The molecule has 2 atom stereocenters. The summed E-state index contributed by atoms with van der Waals surface area (Å²) in [4.78, 5) is 22.4. The predicted octanol–water partition coefficient (Wildman–Crippen LogP) is 2.36. The van der Waals surface area contributed by atoms with Crippen molar-refractivity contribution in [1.82, 2.24) is 15.0 Å². The topological polar surface area (TPSA) is 140 Å². The van der Waals surface area contributed by atoms with Crippen LogP contribution >= 0.6 is 20.0 Å². The molecular weight excluding hydrogens is 459 g/mol. The van der Waals surface area contributed by atoms with Crippen molar-refractivity contribution in [2.75, 3.05) is 22.5 Å². The summed E-state index contributed by atoms with van der Waals surface area (Å²) in [6.07, 6.45) is 4.39. The average Bonchev–Trinajstić information content (AvgIpc) is 2.65. The molecule has 3 rings (SSSR count). The summed E-state index contributed by atoms with van der Waals surface area (Å²) in [7, 11) is 4.24. The van der Waals surface area contributed by atoms with E-state index in [9.17, 15) is 4.79 Å². The Morgan fingerprint density at radius 3 is 2.57 bits per heavy atom. The molecule has 2 aromatic rings. The summed E-state index contributed by atoms with van der Waals surface area (Å²) in [5, 5.41) is 12.5. The number of hydrogen-bond acceptors (Lipinski definition) is 9. The molecule has 1 saturated heterocycles. The zero-order valence-electron chi connectivity index (χ0n) is 15.2. The second-order valence-electron chi connectivity index (χ2n) is 6.29. The fourth-order valence-corrected chi connectivity index (χ4v) is 17.5. The van der Waals surface area contributed by atoms with Gasteiger partial charge in [-0.2, -0.15) is 0 Å². The number of anilines is 4. The van der Waals surface area contributed by atoms with E-state index < -0.39 is 18.3 Å². The number of nitrogens with two attached hydrogens (primary N) is 2. The van der Waals surface area contributed by atoms with Gasteiger partial charge in [0.15, 0.2) is 0 Å². The number of rotatable bonds is 8. The number of carboxylic acids is 1. The first kappa shape index (κ1) is 21.1. The van der Waals surface area contributed by atoms with Crippen LogP contribution in [-0.4, -0.2) is 49.4 Å². The normalized spacial score (nSPS) is 19.3. The first-order valence-corrected chi connectivity index (χ1v) is 16.3. The van der Waals surface area contributed by atoms with Gasteiger partial charge in [-0.1, -0.05) is 0 Å². The molecule has 0 saturated carbocycles. The molecule has 150 valence electrons. The maximum absolute atomic E-state index is 10.6. The van der Waals surface area contributed by atoms with Crippen molar-refractivity contribution in [3.63, 3.8) is 0 Å². The minimum atomic E-state index is -1.20. The van der Waals surface area contributed by atoms with Crippen molar-refractivity contribution < 1.29 is 9.90 Å². The van der Waals surface area contributed by atoms with Crippen LogP contribution in [0.15, 0.2) is 24.3 Å². The van der Waals surface area contributed by atoms with Gasteiger partial charge in [0.05, 0.1) is 0 Å². The Morgan fingerprint density at radius 1 is 1.18 bits per heavy atom. The van der Waals surface area contributed by atoms with Crippen molar-refractivity contribution in [3.05, 3.63) is 24.3 Å². The molecule has 1 fully saturated rings. The zero-order chi connectivity index (χ0) is 19.9. The number of benzene rings is 1. The molecule has 1 aromatic heterocycles. The van der Waals surface area contributed by atoms with Gasteiger partial charge in [-0.3, -0.25) is 0 Å². The van der Waals surface area contributed by atoms with Gasteiger partial charge in [0.25, 0.3) is 0 Å². The van der Waals surface area contributed by atoms with Crippen LogP contribution in [0.3, 0.4) is 0 Å². The second-order valence-corrected chi connectivity index (χ2v) is 17.9. The number of carbonyl (C=O) groups is 1. The van der Waals surface area contributed by atoms with Gasteiger partial charge < -0.3 is 0 Å². The van der Waals surface area contributed by atoms with Crippen LogP contribution in [0, 0.1) is 0 Å². The summed E-state index contributed by atoms with van der Waals surface area (Å²) < 4.78 is 1.41. The molecule has 2 heterocycles. The van der Waals surface area contributed by atoms with Crippen LogP contribution in [0.2, 0.25) is 0 Å². The molecule has 1 aliphatic rings. The van der Waals surface area contributed by atoms with E-state index in [4.69, 9.17) is 16.6 Å². The fraction of sp³-hybridized carbons (Fsp3) is 0.412. The Labute approximate surface area is 174 Å². The molecule has 0 amide bonds. The number of nitrogens with zero attached hydrogens (tertiary/aromatic N) is 3. The van der Waals surface area contributed by atoms with Gasteiger partial charge in [-0.15, -0.1) is 0 Å². The first-order chi connectivity index (χ1) is 13.5. The van der Waals surface area contributed by atoms with E-state index in [1.165, 1.54) is 16.5 Å². The van der Waals surface area contributed by atoms with Crippen molar-refractivity contribution >= 4 is 66.2 Å². The minimum absolute atomic E-state index is 0.0869. The van der Waals surface area contributed by atoms with E-state index in [0.717, 1.165) is 24.9 Å². The third kappa shape index (κ3) is 6.46. The van der Waals surface area contributed by atoms with Gasteiger partial charge >= 0.3 is 175 Å². The molecule has 11 heteroatoms. The molecule has 0 spiro atoms. The summed E-state index contributed by atoms with van der Waals surface area (Å²) in [5.41, 5.74) is 12.1.